The number of hydrogen-bond donors (Lipinski definition) is 2. The molecule has 7 nitrogen and oxygen atoms in total. The van der Waals surface area contributed by atoms with E-state index in [9.17, 15) is 13.2 Å². The predicted molar refractivity (Wildman–Crippen MR) is 115 cm³/mol. The molecule has 0 saturated heterocycles. The molecule has 2 N–H and O–H groups in total. The molecule has 0 saturated carbocycles. The van der Waals surface area contributed by atoms with Crippen LogP contribution in [0.4, 0.5) is 11.4 Å². The third-order valence-corrected chi connectivity index (χ3v) is 6.08. The van der Waals surface area contributed by atoms with Crippen molar-refractivity contribution < 1.29 is 17.9 Å². The van der Waals surface area contributed by atoms with Gasteiger partial charge in [0, 0.05) is 22.6 Å². The maximum atomic E-state index is 13.0. The fraction of sp³-hybridized carbons (Fsp3) is 0.100. The van der Waals surface area contributed by atoms with E-state index in [0.717, 1.165) is 5.56 Å². The number of rotatable bonds is 6. The average molecular weight is 476 g/mol. The van der Waals surface area contributed by atoms with Crippen LogP contribution in [0.2, 0.25) is 0 Å². The first-order valence-electron chi connectivity index (χ1n) is 8.48. The molecule has 2 aromatic carbocycles. The number of hydrogen-bond acceptors (Lipinski definition) is 5. The Hall–Kier alpha value is -2.91. The van der Waals surface area contributed by atoms with Crippen LogP contribution in [0.25, 0.3) is 0 Å². The van der Waals surface area contributed by atoms with Crippen LogP contribution in [-0.4, -0.2) is 26.4 Å². The number of pyridine rings is 1. The molecule has 0 bridgehead atoms. The molecular weight excluding hydrogens is 458 g/mol. The molecule has 0 fully saturated rings. The van der Waals surface area contributed by atoms with Crippen LogP contribution in [0.15, 0.2) is 70.3 Å². The molecule has 3 aromatic rings. The van der Waals surface area contributed by atoms with Crippen molar-refractivity contribution in [3.8, 4) is 5.75 Å². The van der Waals surface area contributed by atoms with E-state index in [2.05, 4.69) is 31.0 Å². The minimum absolute atomic E-state index is 0.0996. The molecule has 9 heteroatoms. The SMILES string of the molecule is COc1ccc(NC(=O)c2cccnc2)cc1S(=O)(=O)Nc1cc(C)ccc1Br. The Morgan fingerprint density at radius 3 is 2.62 bits per heavy atom. The summed E-state index contributed by atoms with van der Waals surface area (Å²) in [4.78, 5) is 16.2. The zero-order chi connectivity index (χ0) is 21.0. The van der Waals surface area contributed by atoms with Gasteiger partial charge in [-0.1, -0.05) is 6.07 Å². The van der Waals surface area contributed by atoms with Crippen LogP contribution in [-0.2, 0) is 10.0 Å². The van der Waals surface area contributed by atoms with Crippen LogP contribution >= 0.6 is 15.9 Å². The molecule has 0 aliphatic carbocycles. The summed E-state index contributed by atoms with van der Waals surface area (Å²) in [7, 11) is -2.61. The third kappa shape index (κ3) is 4.93. The van der Waals surface area contributed by atoms with Gasteiger partial charge in [-0.2, -0.15) is 0 Å². The van der Waals surface area contributed by atoms with Gasteiger partial charge in [0.2, 0.25) is 0 Å². The molecule has 29 heavy (non-hydrogen) atoms. The van der Waals surface area contributed by atoms with Crippen LogP contribution in [0.5, 0.6) is 5.75 Å². The Bertz CT molecular complexity index is 1150. The fourth-order valence-corrected chi connectivity index (χ4v) is 4.33. The van der Waals surface area contributed by atoms with E-state index < -0.39 is 15.9 Å². The molecule has 0 spiro atoms. The Balaban J connectivity index is 1.94. The van der Waals surface area contributed by atoms with Crippen molar-refractivity contribution in [2.24, 2.45) is 0 Å². The number of carbonyl (C=O) groups excluding carboxylic acids is 1. The summed E-state index contributed by atoms with van der Waals surface area (Å²) >= 11 is 3.34. The van der Waals surface area contributed by atoms with E-state index in [0.29, 0.717) is 21.4 Å². The van der Waals surface area contributed by atoms with Crippen molar-refractivity contribution >= 4 is 43.2 Å². The van der Waals surface area contributed by atoms with Crippen molar-refractivity contribution in [3.63, 3.8) is 0 Å². The summed E-state index contributed by atoms with van der Waals surface area (Å²) in [5.74, 6) is -0.248. The summed E-state index contributed by atoms with van der Waals surface area (Å²) in [5, 5.41) is 2.67. The van der Waals surface area contributed by atoms with Crippen molar-refractivity contribution in [1.29, 1.82) is 0 Å². The zero-order valence-corrected chi connectivity index (χ0v) is 18.0. The topological polar surface area (TPSA) is 97.4 Å². The molecule has 0 atom stereocenters. The normalized spacial score (nSPS) is 11.0. The van der Waals surface area contributed by atoms with E-state index in [4.69, 9.17) is 4.74 Å². The minimum Gasteiger partial charge on any atom is -0.495 e. The maximum Gasteiger partial charge on any atom is 0.265 e. The van der Waals surface area contributed by atoms with Crippen molar-refractivity contribution in [2.45, 2.75) is 11.8 Å². The standard InChI is InChI=1S/C20H18BrN3O4S/c1-13-5-7-16(21)17(10-13)24-29(26,27)19-11-15(6-8-18(19)28-2)23-20(25)14-4-3-9-22-12-14/h3-12,24H,1-2H3,(H,23,25). The monoisotopic (exact) mass is 475 g/mol. The van der Waals surface area contributed by atoms with E-state index in [-0.39, 0.29) is 10.6 Å². The van der Waals surface area contributed by atoms with Crippen LogP contribution in [0.3, 0.4) is 0 Å². The Morgan fingerprint density at radius 2 is 1.93 bits per heavy atom. The van der Waals surface area contributed by atoms with Gasteiger partial charge in [0.05, 0.1) is 18.4 Å². The molecule has 1 amide bonds. The molecule has 1 heterocycles. The molecule has 150 valence electrons. The molecule has 0 radical (unpaired) electrons. The third-order valence-electron chi connectivity index (χ3n) is 4.00. The second kappa shape index (κ2) is 8.62. The van der Waals surface area contributed by atoms with Gasteiger partial charge in [-0.15, -0.1) is 0 Å². The van der Waals surface area contributed by atoms with Gasteiger partial charge in [-0.25, -0.2) is 8.42 Å². The number of sulfonamides is 1. The van der Waals surface area contributed by atoms with Gasteiger partial charge in [0.1, 0.15) is 10.6 Å². The number of nitrogens with one attached hydrogen (secondary N) is 2. The van der Waals surface area contributed by atoms with Crippen LogP contribution in [0, 0.1) is 6.92 Å². The first-order valence-corrected chi connectivity index (χ1v) is 10.8. The number of anilines is 2. The first kappa shape index (κ1) is 20.8. The number of halogens is 1. The predicted octanol–water partition coefficient (Wildman–Crippen LogP) is 4.21. The Morgan fingerprint density at radius 1 is 1.14 bits per heavy atom. The lowest BCUT2D eigenvalue weighted by molar-refractivity contribution is 0.102. The van der Waals surface area contributed by atoms with E-state index in [1.165, 1.54) is 25.4 Å². The maximum absolute atomic E-state index is 13.0. The fourth-order valence-electron chi connectivity index (χ4n) is 2.58. The quantitative estimate of drug-likeness (QED) is 0.556. The Kier molecular flexibility index (Phi) is 6.19. The smallest absolute Gasteiger partial charge is 0.265 e. The van der Waals surface area contributed by atoms with Gasteiger partial charge in [-0.3, -0.25) is 14.5 Å². The highest BCUT2D eigenvalue weighted by atomic mass is 79.9. The number of ether oxygens (including phenoxy) is 1. The number of nitrogens with zero attached hydrogens (tertiary/aromatic N) is 1. The second-order valence-electron chi connectivity index (χ2n) is 6.15. The van der Waals surface area contributed by atoms with E-state index in [1.54, 1.807) is 36.5 Å². The Labute approximate surface area is 177 Å². The molecular formula is C20H18BrN3O4S. The van der Waals surface area contributed by atoms with Gasteiger partial charge < -0.3 is 10.1 Å². The second-order valence-corrected chi connectivity index (χ2v) is 8.66. The van der Waals surface area contributed by atoms with Gasteiger partial charge in [0.25, 0.3) is 15.9 Å². The van der Waals surface area contributed by atoms with Crippen molar-refractivity contribution in [2.75, 3.05) is 17.1 Å². The summed E-state index contributed by atoms with van der Waals surface area (Å²) in [6.45, 7) is 1.86. The van der Waals surface area contributed by atoms with E-state index >= 15 is 0 Å². The number of benzene rings is 2. The summed E-state index contributed by atoms with van der Waals surface area (Å²) in [6.07, 6.45) is 2.98. The number of aromatic nitrogens is 1. The highest BCUT2D eigenvalue weighted by molar-refractivity contribution is 9.10. The van der Waals surface area contributed by atoms with Crippen molar-refractivity contribution in [1.82, 2.24) is 4.98 Å². The average Bonchev–Trinajstić information content (AvgIpc) is 2.71. The molecule has 0 aliphatic rings. The molecule has 0 aliphatic heterocycles. The number of aryl methyl sites for hydroxylation is 1. The van der Waals surface area contributed by atoms with Gasteiger partial charge in [-0.05, 0) is 70.9 Å². The summed E-state index contributed by atoms with van der Waals surface area (Å²) in [6, 6.07) is 13.0. The van der Waals surface area contributed by atoms with E-state index in [1.807, 2.05) is 13.0 Å². The lowest BCUT2D eigenvalue weighted by Crippen LogP contribution is -2.16. The summed E-state index contributed by atoms with van der Waals surface area (Å²) < 4.78 is 34.4. The number of carbonyl (C=O) groups is 1. The number of methoxy groups -OCH3 is 1. The highest BCUT2D eigenvalue weighted by Crippen LogP contribution is 2.31. The largest absolute Gasteiger partial charge is 0.495 e. The lowest BCUT2D eigenvalue weighted by Gasteiger charge is -2.15. The lowest BCUT2D eigenvalue weighted by atomic mass is 10.2. The molecule has 3 rings (SSSR count). The number of amides is 1. The minimum atomic E-state index is -3.99. The van der Waals surface area contributed by atoms with Crippen LogP contribution in [0.1, 0.15) is 15.9 Å². The molecule has 1 aromatic heterocycles. The summed E-state index contributed by atoms with van der Waals surface area (Å²) in [5.41, 5.74) is 1.96. The molecule has 0 unspecified atom stereocenters. The first-order chi connectivity index (χ1) is 13.8. The van der Waals surface area contributed by atoms with Crippen LogP contribution < -0.4 is 14.8 Å². The van der Waals surface area contributed by atoms with Crippen molar-refractivity contribution in [3.05, 3.63) is 76.5 Å². The highest BCUT2D eigenvalue weighted by Gasteiger charge is 2.22. The van der Waals surface area contributed by atoms with Gasteiger partial charge >= 0.3 is 0 Å². The zero-order valence-electron chi connectivity index (χ0n) is 15.6. The van der Waals surface area contributed by atoms with Gasteiger partial charge in [0.15, 0.2) is 0 Å².